The number of esters is 1. The summed E-state index contributed by atoms with van der Waals surface area (Å²) in [5.41, 5.74) is 5.80. The van der Waals surface area contributed by atoms with E-state index in [2.05, 4.69) is 4.74 Å². The van der Waals surface area contributed by atoms with Crippen LogP contribution in [0.3, 0.4) is 0 Å². The fourth-order valence-corrected chi connectivity index (χ4v) is 3.18. The number of carbonyl (C=O) groups is 1. The molecule has 0 bridgehead atoms. The van der Waals surface area contributed by atoms with Gasteiger partial charge in [-0.05, 0) is 13.3 Å². The van der Waals surface area contributed by atoms with Gasteiger partial charge in [-0.3, -0.25) is 4.79 Å². The van der Waals surface area contributed by atoms with E-state index in [0.717, 1.165) is 6.42 Å². The molecule has 7 heteroatoms. The molecular weight excluding hydrogens is 246 g/mol. The standard InChI is InChI=1S/C10H19NO5S/c1-2-16-10(12)7-17(13,14)6-9(11)8-3-4-15-5-8/h8-9H,2-7,11H2,1H3. The quantitative estimate of drug-likeness (QED) is 0.640. The summed E-state index contributed by atoms with van der Waals surface area (Å²) < 4.78 is 33.1. The zero-order valence-corrected chi connectivity index (χ0v) is 10.7. The molecule has 0 aliphatic carbocycles. The van der Waals surface area contributed by atoms with Crippen molar-refractivity contribution >= 4 is 15.8 Å². The molecule has 2 unspecified atom stereocenters. The van der Waals surface area contributed by atoms with Crippen LogP contribution in [-0.2, 0) is 24.1 Å². The molecule has 0 aromatic heterocycles. The first-order chi connectivity index (χ1) is 7.94. The van der Waals surface area contributed by atoms with Crippen LogP contribution in [0, 0.1) is 5.92 Å². The van der Waals surface area contributed by atoms with Crippen molar-refractivity contribution in [3.8, 4) is 0 Å². The molecule has 1 aliphatic rings. The van der Waals surface area contributed by atoms with Gasteiger partial charge in [0.15, 0.2) is 9.84 Å². The largest absolute Gasteiger partial charge is 0.465 e. The highest BCUT2D eigenvalue weighted by molar-refractivity contribution is 7.92. The van der Waals surface area contributed by atoms with E-state index in [1.54, 1.807) is 6.92 Å². The van der Waals surface area contributed by atoms with Gasteiger partial charge in [0.1, 0.15) is 5.75 Å². The van der Waals surface area contributed by atoms with E-state index in [4.69, 9.17) is 10.5 Å². The number of nitrogens with two attached hydrogens (primary N) is 1. The van der Waals surface area contributed by atoms with Gasteiger partial charge in [0.2, 0.25) is 0 Å². The topological polar surface area (TPSA) is 95.7 Å². The Balaban J connectivity index is 2.45. The van der Waals surface area contributed by atoms with Crippen molar-refractivity contribution < 1.29 is 22.7 Å². The third-order valence-electron chi connectivity index (χ3n) is 2.66. The van der Waals surface area contributed by atoms with E-state index in [-0.39, 0.29) is 18.3 Å². The Morgan fingerprint density at radius 2 is 2.29 bits per heavy atom. The average Bonchev–Trinajstić information content (AvgIpc) is 2.68. The van der Waals surface area contributed by atoms with Crippen molar-refractivity contribution in [3.05, 3.63) is 0 Å². The van der Waals surface area contributed by atoms with Gasteiger partial charge in [-0.15, -0.1) is 0 Å². The number of ether oxygens (including phenoxy) is 2. The summed E-state index contributed by atoms with van der Waals surface area (Å²) in [6, 6.07) is -0.475. The summed E-state index contributed by atoms with van der Waals surface area (Å²) >= 11 is 0. The highest BCUT2D eigenvalue weighted by Crippen LogP contribution is 2.16. The van der Waals surface area contributed by atoms with Crippen LogP contribution in [-0.4, -0.2) is 51.8 Å². The predicted molar refractivity (Wildman–Crippen MR) is 62.2 cm³/mol. The monoisotopic (exact) mass is 265 g/mol. The minimum Gasteiger partial charge on any atom is -0.465 e. The summed E-state index contributed by atoms with van der Waals surface area (Å²) in [5, 5.41) is 0. The Labute approximate surface area is 101 Å². The predicted octanol–water partition coefficient (Wildman–Crippen LogP) is -0.672. The fourth-order valence-electron chi connectivity index (χ4n) is 1.76. The molecule has 0 aromatic carbocycles. The van der Waals surface area contributed by atoms with Crippen LogP contribution < -0.4 is 5.73 Å². The van der Waals surface area contributed by atoms with E-state index in [9.17, 15) is 13.2 Å². The molecule has 6 nitrogen and oxygen atoms in total. The molecule has 1 saturated heterocycles. The molecule has 1 heterocycles. The highest BCUT2D eigenvalue weighted by Gasteiger charge is 2.28. The molecule has 1 aliphatic heterocycles. The molecular formula is C10H19NO5S. The lowest BCUT2D eigenvalue weighted by atomic mass is 10.0. The van der Waals surface area contributed by atoms with Crippen LogP contribution in [0.4, 0.5) is 0 Å². The van der Waals surface area contributed by atoms with Crippen molar-refractivity contribution in [2.75, 3.05) is 31.3 Å². The van der Waals surface area contributed by atoms with Crippen molar-refractivity contribution in [1.82, 2.24) is 0 Å². The number of sulfone groups is 1. The molecule has 2 atom stereocenters. The molecule has 0 aromatic rings. The lowest BCUT2D eigenvalue weighted by molar-refractivity contribution is -0.139. The molecule has 2 N–H and O–H groups in total. The van der Waals surface area contributed by atoms with E-state index >= 15 is 0 Å². The maximum Gasteiger partial charge on any atom is 0.321 e. The molecule has 1 fully saturated rings. The molecule has 0 amide bonds. The average molecular weight is 265 g/mol. The summed E-state index contributed by atoms with van der Waals surface area (Å²) in [6.45, 7) is 2.93. The van der Waals surface area contributed by atoms with Gasteiger partial charge in [-0.25, -0.2) is 8.42 Å². The Kier molecular flexibility index (Phi) is 5.35. The maximum atomic E-state index is 11.7. The van der Waals surface area contributed by atoms with Crippen LogP contribution in [0.1, 0.15) is 13.3 Å². The number of hydrogen-bond donors (Lipinski definition) is 1. The molecule has 0 radical (unpaired) electrons. The van der Waals surface area contributed by atoms with Crippen molar-refractivity contribution in [2.24, 2.45) is 11.7 Å². The second-order valence-electron chi connectivity index (χ2n) is 4.15. The van der Waals surface area contributed by atoms with Crippen LogP contribution in [0.2, 0.25) is 0 Å². The van der Waals surface area contributed by atoms with E-state index in [1.807, 2.05) is 0 Å². The van der Waals surface area contributed by atoms with Gasteiger partial charge in [-0.1, -0.05) is 0 Å². The molecule has 100 valence electrons. The van der Waals surface area contributed by atoms with Crippen molar-refractivity contribution in [1.29, 1.82) is 0 Å². The van der Waals surface area contributed by atoms with E-state index in [0.29, 0.717) is 13.2 Å². The van der Waals surface area contributed by atoms with Gasteiger partial charge in [0, 0.05) is 18.6 Å². The number of rotatable bonds is 6. The van der Waals surface area contributed by atoms with Crippen LogP contribution in [0.15, 0.2) is 0 Å². The maximum absolute atomic E-state index is 11.7. The summed E-state index contributed by atoms with van der Waals surface area (Å²) in [4.78, 5) is 11.1. The third kappa shape index (κ3) is 5.01. The Bertz CT molecular complexity index is 348. The Morgan fingerprint density at radius 3 is 2.82 bits per heavy atom. The first kappa shape index (κ1) is 14.4. The molecule has 0 saturated carbocycles. The van der Waals surface area contributed by atoms with Gasteiger partial charge < -0.3 is 15.2 Å². The highest BCUT2D eigenvalue weighted by atomic mass is 32.2. The smallest absolute Gasteiger partial charge is 0.321 e. The second-order valence-corrected chi connectivity index (χ2v) is 6.26. The van der Waals surface area contributed by atoms with Gasteiger partial charge >= 0.3 is 5.97 Å². The van der Waals surface area contributed by atoms with Gasteiger partial charge in [0.05, 0.1) is 19.0 Å². The van der Waals surface area contributed by atoms with Crippen LogP contribution in [0.25, 0.3) is 0 Å². The second kappa shape index (κ2) is 6.32. The van der Waals surface area contributed by atoms with Crippen molar-refractivity contribution in [2.45, 2.75) is 19.4 Å². The lowest BCUT2D eigenvalue weighted by Gasteiger charge is -2.17. The normalized spacial score (nSPS) is 22.4. The van der Waals surface area contributed by atoms with E-state index < -0.39 is 27.6 Å². The SMILES string of the molecule is CCOC(=O)CS(=O)(=O)CC(N)C1CCOC1. The zero-order chi connectivity index (χ0) is 12.9. The molecule has 1 rings (SSSR count). The lowest BCUT2D eigenvalue weighted by Crippen LogP contribution is -2.39. The summed E-state index contributed by atoms with van der Waals surface area (Å²) in [6.07, 6.45) is 0.774. The zero-order valence-electron chi connectivity index (χ0n) is 9.92. The minimum absolute atomic E-state index is 0.0620. The summed E-state index contributed by atoms with van der Waals surface area (Å²) in [7, 11) is -3.49. The Hall–Kier alpha value is -0.660. The van der Waals surface area contributed by atoms with Crippen LogP contribution >= 0.6 is 0 Å². The number of hydrogen-bond acceptors (Lipinski definition) is 6. The van der Waals surface area contributed by atoms with Gasteiger partial charge in [0.25, 0.3) is 0 Å². The fraction of sp³-hybridized carbons (Fsp3) is 0.900. The minimum atomic E-state index is -3.49. The third-order valence-corrected chi connectivity index (χ3v) is 4.23. The first-order valence-corrected chi connectivity index (χ1v) is 7.46. The van der Waals surface area contributed by atoms with E-state index in [1.165, 1.54) is 0 Å². The summed E-state index contributed by atoms with van der Waals surface area (Å²) in [5.74, 6) is -1.45. The first-order valence-electron chi connectivity index (χ1n) is 5.64. The molecule has 0 spiro atoms. The van der Waals surface area contributed by atoms with Crippen LogP contribution in [0.5, 0.6) is 0 Å². The number of carbonyl (C=O) groups excluding carboxylic acids is 1. The van der Waals surface area contributed by atoms with Crippen molar-refractivity contribution in [3.63, 3.8) is 0 Å². The Morgan fingerprint density at radius 1 is 1.59 bits per heavy atom. The van der Waals surface area contributed by atoms with Gasteiger partial charge in [-0.2, -0.15) is 0 Å². The molecule has 17 heavy (non-hydrogen) atoms.